The third kappa shape index (κ3) is 4.33. The molecule has 2 nitrogen and oxygen atoms in total. The summed E-state index contributed by atoms with van der Waals surface area (Å²) in [5.41, 5.74) is 3.05. The van der Waals surface area contributed by atoms with E-state index >= 15 is 0 Å². The van der Waals surface area contributed by atoms with Crippen LogP contribution in [0.2, 0.25) is 0 Å². The Kier molecular flexibility index (Phi) is 5.55. The Bertz CT molecular complexity index is 675. The number of nitrogens with zero attached hydrogens (tertiary/aromatic N) is 1. The van der Waals surface area contributed by atoms with Crippen LogP contribution in [0.1, 0.15) is 35.4 Å². The number of rotatable bonds is 6. The van der Waals surface area contributed by atoms with Gasteiger partial charge in [-0.2, -0.15) is 5.26 Å². The van der Waals surface area contributed by atoms with Gasteiger partial charge in [-0.25, -0.2) is 4.39 Å². The maximum absolute atomic E-state index is 13.2. The highest BCUT2D eigenvalue weighted by Crippen LogP contribution is 2.23. The summed E-state index contributed by atoms with van der Waals surface area (Å²) >= 11 is 0. The molecule has 2 aromatic carbocycles. The highest BCUT2D eigenvalue weighted by molar-refractivity contribution is 5.35. The number of halogens is 1. The summed E-state index contributed by atoms with van der Waals surface area (Å²) in [5, 5.41) is 9.25. The van der Waals surface area contributed by atoms with Gasteiger partial charge in [0.2, 0.25) is 0 Å². The average Bonchev–Trinajstić information content (AvgIpc) is 2.49. The van der Waals surface area contributed by atoms with Crippen LogP contribution in [0.25, 0.3) is 0 Å². The number of nitriles is 1. The minimum absolute atomic E-state index is 0.293. The van der Waals surface area contributed by atoms with Crippen molar-refractivity contribution < 1.29 is 9.13 Å². The maximum atomic E-state index is 13.2. The molecule has 0 saturated carbocycles. The summed E-state index contributed by atoms with van der Waals surface area (Å²) in [4.78, 5) is 0. The zero-order valence-corrected chi connectivity index (χ0v) is 13.0. The van der Waals surface area contributed by atoms with Crippen molar-refractivity contribution in [1.29, 1.82) is 5.26 Å². The minimum atomic E-state index is -0.302. The molecule has 0 N–H and O–H groups in total. The molecule has 22 heavy (non-hydrogen) atoms. The Labute approximate surface area is 131 Å². The van der Waals surface area contributed by atoms with Gasteiger partial charge in [0.1, 0.15) is 11.6 Å². The average molecular weight is 297 g/mol. The van der Waals surface area contributed by atoms with E-state index in [1.807, 2.05) is 26.0 Å². The predicted molar refractivity (Wildman–Crippen MR) is 85.4 cm³/mol. The van der Waals surface area contributed by atoms with Crippen molar-refractivity contribution in [3.05, 3.63) is 65.0 Å². The van der Waals surface area contributed by atoms with E-state index in [9.17, 15) is 9.65 Å². The monoisotopic (exact) mass is 297 g/mol. The molecule has 2 aromatic rings. The summed E-state index contributed by atoms with van der Waals surface area (Å²) in [5.74, 6) is 0.285. The standard InChI is InChI=1S/C19H20FNO/c1-14-8-9-19(15(2)11-14)22-10-4-6-17(13-21)16-5-3-7-18(20)12-16/h3,5,7-9,11-12,17H,4,6,10H2,1-2H3. The number of hydrogen-bond donors (Lipinski definition) is 0. The first kappa shape index (κ1) is 16.0. The van der Waals surface area contributed by atoms with Crippen LogP contribution in [0.3, 0.4) is 0 Å². The second kappa shape index (κ2) is 7.61. The van der Waals surface area contributed by atoms with E-state index in [1.54, 1.807) is 12.1 Å². The van der Waals surface area contributed by atoms with E-state index in [4.69, 9.17) is 4.74 Å². The summed E-state index contributed by atoms with van der Waals surface area (Å²) in [6.07, 6.45) is 1.41. The second-order valence-corrected chi connectivity index (χ2v) is 5.50. The van der Waals surface area contributed by atoms with Crippen molar-refractivity contribution in [2.75, 3.05) is 6.61 Å². The Morgan fingerprint density at radius 1 is 1.18 bits per heavy atom. The molecule has 114 valence electrons. The molecule has 0 radical (unpaired) electrons. The van der Waals surface area contributed by atoms with Gasteiger partial charge in [0.15, 0.2) is 0 Å². The Morgan fingerprint density at radius 3 is 2.68 bits per heavy atom. The molecular weight excluding hydrogens is 277 g/mol. The third-order valence-electron chi connectivity index (χ3n) is 3.63. The van der Waals surface area contributed by atoms with E-state index in [0.717, 1.165) is 23.3 Å². The molecule has 0 aliphatic heterocycles. The lowest BCUT2D eigenvalue weighted by Gasteiger charge is -2.12. The van der Waals surface area contributed by atoms with Crippen molar-refractivity contribution in [2.24, 2.45) is 0 Å². The van der Waals surface area contributed by atoms with Crippen molar-refractivity contribution in [3.63, 3.8) is 0 Å². The van der Waals surface area contributed by atoms with E-state index in [1.165, 1.54) is 17.7 Å². The summed E-state index contributed by atoms with van der Waals surface area (Å²) < 4.78 is 19.0. The predicted octanol–water partition coefficient (Wildman–Crippen LogP) is 4.91. The maximum Gasteiger partial charge on any atom is 0.123 e. The largest absolute Gasteiger partial charge is 0.493 e. The molecule has 1 unspecified atom stereocenters. The van der Waals surface area contributed by atoms with Crippen LogP contribution in [0, 0.1) is 31.0 Å². The highest BCUT2D eigenvalue weighted by Gasteiger charge is 2.11. The first-order valence-electron chi connectivity index (χ1n) is 7.45. The van der Waals surface area contributed by atoms with Gasteiger partial charge in [-0.15, -0.1) is 0 Å². The van der Waals surface area contributed by atoms with Crippen LogP contribution >= 0.6 is 0 Å². The molecular formula is C19H20FNO. The molecule has 0 saturated heterocycles. The van der Waals surface area contributed by atoms with Crippen molar-refractivity contribution in [1.82, 2.24) is 0 Å². The lowest BCUT2D eigenvalue weighted by Crippen LogP contribution is -2.03. The smallest absolute Gasteiger partial charge is 0.123 e. The summed E-state index contributed by atoms with van der Waals surface area (Å²) in [6.45, 7) is 4.62. The van der Waals surface area contributed by atoms with Gasteiger partial charge >= 0.3 is 0 Å². The lowest BCUT2D eigenvalue weighted by atomic mass is 9.96. The molecule has 0 fully saturated rings. The second-order valence-electron chi connectivity index (χ2n) is 5.50. The minimum Gasteiger partial charge on any atom is -0.493 e. The zero-order valence-electron chi connectivity index (χ0n) is 13.0. The molecule has 0 aliphatic carbocycles. The number of hydrogen-bond acceptors (Lipinski definition) is 2. The van der Waals surface area contributed by atoms with Crippen molar-refractivity contribution in [2.45, 2.75) is 32.6 Å². The molecule has 1 atom stereocenters. The molecule has 0 bridgehead atoms. The highest BCUT2D eigenvalue weighted by atomic mass is 19.1. The first-order valence-corrected chi connectivity index (χ1v) is 7.45. The molecule has 0 aliphatic rings. The fourth-order valence-corrected chi connectivity index (χ4v) is 2.46. The van der Waals surface area contributed by atoms with Gasteiger partial charge in [0.05, 0.1) is 18.6 Å². The fraction of sp³-hybridized carbons (Fsp3) is 0.316. The third-order valence-corrected chi connectivity index (χ3v) is 3.63. The van der Waals surface area contributed by atoms with Gasteiger partial charge in [0.25, 0.3) is 0 Å². The van der Waals surface area contributed by atoms with Crippen LogP contribution in [-0.4, -0.2) is 6.61 Å². The zero-order chi connectivity index (χ0) is 15.9. The van der Waals surface area contributed by atoms with Gasteiger partial charge in [-0.1, -0.05) is 29.8 Å². The van der Waals surface area contributed by atoms with Crippen LogP contribution in [0.5, 0.6) is 5.75 Å². The SMILES string of the molecule is Cc1ccc(OCCCC(C#N)c2cccc(F)c2)c(C)c1. The van der Waals surface area contributed by atoms with Crippen molar-refractivity contribution in [3.8, 4) is 11.8 Å². The quantitative estimate of drug-likeness (QED) is 0.710. The van der Waals surface area contributed by atoms with Crippen LogP contribution < -0.4 is 4.74 Å². The fourth-order valence-electron chi connectivity index (χ4n) is 2.46. The normalized spacial score (nSPS) is 11.7. The Balaban J connectivity index is 1.86. The van der Waals surface area contributed by atoms with Crippen LogP contribution in [0.4, 0.5) is 4.39 Å². The van der Waals surface area contributed by atoms with E-state index < -0.39 is 0 Å². The molecule has 2 rings (SSSR count). The van der Waals surface area contributed by atoms with Gasteiger partial charge in [-0.05, 0) is 56.0 Å². The Morgan fingerprint density at radius 2 is 2.00 bits per heavy atom. The van der Waals surface area contributed by atoms with Gasteiger partial charge in [0, 0.05) is 0 Å². The van der Waals surface area contributed by atoms with E-state index in [-0.39, 0.29) is 11.7 Å². The number of benzene rings is 2. The van der Waals surface area contributed by atoms with E-state index in [2.05, 4.69) is 12.1 Å². The first-order chi connectivity index (χ1) is 10.6. The van der Waals surface area contributed by atoms with Gasteiger partial charge < -0.3 is 4.74 Å². The summed E-state index contributed by atoms with van der Waals surface area (Å²) in [6, 6.07) is 14.6. The van der Waals surface area contributed by atoms with Crippen LogP contribution in [-0.2, 0) is 0 Å². The number of ether oxygens (including phenoxy) is 1. The van der Waals surface area contributed by atoms with Crippen molar-refractivity contribution >= 4 is 0 Å². The molecule has 0 spiro atoms. The molecule has 0 amide bonds. The molecule has 0 aromatic heterocycles. The number of aryl methyl sites for hydroxylation is 2. The topological polar surface area (TPSA) is 33.0 Å². The molecule has 3 heteroatoms. The molecule has 0 heterocycles. The Hall–Kier alpha value is -2.34. The summed E-state index contributed by atoms with van der Waals surface area (Å²) in [7, 11) is 0. The lowest BCUT2D eigenvalue weighted by molar-refractivity contribution is 0.303. The van der Waals surface area contributed by atoms with Gasteiger partial charge in [-0.3, -0.25) is 0 Å². The van der Waals surface area contributed by atoms with Crippen LogP contribution in [0.15, 0.2) is 42.5 Å². The van der Waals surface area contributed by atoms with E-state index in [0.29, 0.717) is 13.0 Å².